The molecular weight excluding hydrogens is 252 g/mol. The van der Waals surface area contributed by atoms with Gasteiger partial charge in [-0.15, -0.1) is 0 Å². The molecule has 1 aromatic heterocycles. The fourth-order valence-corrected chi connectivity index (χ4v) is 1.80. The Hall–Kier alpha value is -1.36. The first kappa shape index (κ1) is 15.0. The Kier molecular flexibility index (Phi) is 4.81. The molecular formula is C15H26N4O. The number of hydrogen-bond acceptors (Lipinski definition) is 5. The van der Waals surface area contributed by atoms with E-state index in [-0.39, 0.29) is 5.60 Å². The maximum Gasteiger partial charge on any atom is 0.136 e. The maximum atomic E-state index is 5.42. The van der Waals surface area contributed by atoms with E-state index in [2.05, 4.69) is 41.4 Å². The average molecular weight is 278 g/mol. The number of hydrogen-bond donors (Lipinski definition) is 2. The van der Waals surface area contributed by atoms with Crippen molar-refractivity contribution in [3.63, 3.8) is 0 Å². The molecule has 1 aliphatic carbocycles. The van der Waals surface area contributed by atoms with Crippen LogP contribution in [0.2, 0.25) is 0 Å². The van der Waals surface area contributed by atoms with Crippen molar-refractivity contribution in [3.8, 4) is 0 Å². The maximum absolute atomic E-state index is 5.42. The van der Waals surface area contributed by atoms with Gasteiger partial charge >= 0.3 is 0 Å². The highest BCUT2D eigenvalue weighted by Crippen LogP contribution is 2.38. The third kappa shape index (κ3) is 4.34. The summed E-state index contributed by atoms with van der Waals surface area (Å²) in [5.74, 6) is 3.31. The summed E-state index contributed by atoms with van der Waals surface area (Å²) in [7, 11) is 1.73. The third-order valence-electron chi connectivity index (χ3n) is 3.49. The molecule has 0 aliphatic heterocycles. The first-order valence-electron chi connectivity index (χ1n) is 7.46. The lowest BCUT2D eigenvalue weighted by Crippen LogP contribution is -2.32. The van der Waals surface area contributed by atoms with E-state index in [0.29, 0.717) is 5.92 Å². The van der Waals surface area contributed by atoms with Gasteiger partial charge in [0.1, 0.15) is 17.5 Å². The topological polar surface area (TPSA) is 59.1 Å². The van der Waals surface area contributed by atoms with Crippen LogP contribution in [-0.2, 0) is 4.74 Å². The summed E-state index contributed by atoms with van der Waals surface area (Å²) in [5.41, 5.74) is -0.207. The molecule has 112 valence electrons. The molecule has 1 aromatic rings. The Bertz CT molecular complexity index is 443. The average Bonchev–Trinajstić information content (AvgIpc) is 3.27. The van der Waals surface area contributed by atoms with E-state index in [0.717, 1.165) is 37.0 Å². The molecule has 5 nitrogen and oxygen atoms in total. The minimum Gasteiger partial charge on any atom is -0.377 e. The molecule has 0 amide bonds. The van der Waals surface area contributed by atoms with E-state index < -0.39 is 0 Å². The van der Waals surface area contributed by atoms with Crippen molar-refractivity contribution >= 4 is 11.6 Å². The van der Waals surface area contributed by atoms with Crippen molar-refractivity contribution in [3.05, 3.63) is 11.9 Å². The van der Waals surface area contributed by atoms with Gasteiger partial charge in [-0.2, -0.15) is 0 Å². The molecule has 1 saturated carbocycles. The van der Waals surface area contributed by atoms with Crippen LogP contribution in [0.5, 0.6) is 0 Å². The van der Waals surface area contributed by atoms with E-state index >= 15 is 0 Å². The van der Waals surface area contributed by atoms with Crippen molar-refractivity contribution in [1.82, 2.24) is 9.97 Å². The molecule has 0 saturated heterocycles. The molecule has 0 bridgehead atoms. The predicted octanol–water partition coefficient (Wildman–Crippen LogP) is 3.01. The standard InChI is InChI=1S/C15H26N4O/c1-5-8-16-12-9-13(17-10-15(2,3)20-4)19-14(18-12)11-6-7-11/h9,11H,5-8,10H2,1-4H3,(H2,16,17,18,19). The van der Waals surface area contributed by atoms with Gasteiger partial charge in [-0.1, -0.05) is 6.92 Å². The predicted molar refractivity (Wildman–Crippen MR) is 82.4 cm³/mol. The first-order valence-corrected chi connectivity index (χ1v) is 7.46. The summed E-state index contributed by atoms with van der Waals surface area (Å²) in [4.78, 5) is 9.23. The van der Waals surface area contributed by atoms with Crippen molar-refractivity contribution in [2.45, 2.75) is 51.6 Å². The quantitative estimate of drug-likeness (QED) is 0.765. The number of aromatic nitrogens is 2. The zero-order chi connectivity index (χ0) is 14.6. The van der Waals surface area contributed by atoms with Gasteiger partial charge in [0, 0.05) is 32.2 Å². The van der Waals surface area contributed by atoms with Gasteiger partial charge in [0.15, 0.2) is 0 Å². The molecule has 5 heteroatoms. The summed E-state index contributed by atoms with van der Waals surface area (Å²) in [6.45, 7) is 7.91. The molecule has 0 atom stereocenters. The Balaban J connectivity index is 2.08. The van der Waals surface area contributed by atoms with Crippen LogP contribution >= 0.6 is 0 Å². The second kappa shape index (κ2) is 6.39. The number of rotatable bonds is 8. The molecule has 2 N–H and O–H groups in total. The van der Waals surface area contributed by atoms with Crippen LogP contribution in [0.25, 0.3) is 0 Å². The minimum atomic E-state index is -0.207. The molecule has 0 radical (unpaired) electrons. The van der Waals surface area contributed by atoms with Crippen molar-refractivity contribution < 1.29 is 4.74 Å². The van der Waals surface area contributed by atoms with Gasteiger partial charge in [-0.05, 0) is 33.1 Å². The van der Waals surface area contributed by atoms with E-state index in [1.807, 2.05) is 6.07 Å². The van der Waals surface area contributed by atoms with Crippen LogP contribution in [0.1, 0.15) is 51.8 Å². The van der Waals surface area contributed by atoms with E-state index in [4.69, 9.17) is 4.74 Å². The number of nitrogens with zero attached hydrogens (tertiary/aromatic N) is 2. The fourth-order valence-electron chi connectivity index (χ4n) is 1.80. The molecule has 1 heterocycles. The molecule has 0 aromatic carbocycles. The molecule has 2 rings (SSSR count). The number of methoxy groups -OCH3 is 1. The largest absolute Gasteiger partial charge is 0.377 e. The lowest BCUT2D eigenvalue weighted by atomic mass is 10.1. The summed E-state index contributed by atoms with van der Waals surface area (Å²) >= 11 is 0. The number of nitrogens with one attached hydrogen (secondary N) is 2. The highest BCUT2D eigenvalue weighted by Gasteiger charge is 2.27. The number of anilines is 2. The summed E-state index contributed by atoms with van der Waals surface area (Å²) in [6, 6.07) is 1.98. The van der Waals surface area contributed by atoms with Gasteiger partial charge in [-0.25, -0.2) is 9.97 Å². The second-order valence-electron chi connectivity index (χ2n) is 6.02. The van der Waals surface area contributed by atoms with Crippen LogP contribution in [0.15, 0.2) is 6.07 Å². The summed E-state index contributed by atoms with van der Waals surface area (Å²) in [6.07, 6.45) is 3.50. The Morgan fingerprint density at radius 1 is 1.25 bits per heavy atom. The van der Waals surface area contributed by atoms with Gasteiger partial charge in [0.25, 0.3) is 0 Å². The van der Waals surface area contributed by atoms with Crippen LogP contribution in [0, 0.1) is 0 Å². The van der Waals surface area contributed by atoms with Gasteiger partial charge in [0.2, 0.25) is 0 Å². The van der Waals surface area contributed by atoms with Crippen LogP contribution in [0.3, 0.4) is 0 Å². The second-order valence-corrected chi connectivity index (χ2v) is 6.02. The zero-order valence-electron chi connectivity index (χ0n) is 13.0. The van der Waals surface area contributed by atoms with Crippen LogP contribution < -0.4 is 10.6 Å². The molecule has 1 fully saturated rings. The summed E-state index contributed by atoms with van der Waals surface area (Å²) in [5, 5.41) is 6.71. The lowest BCUT2D eigenvalue weighted by molar-refractivity contribution is 0.0343. The van der Waals surface area contributed by atoms with E-state index in [9.17, 15) is 0 Å². The van der Waals surface area contributed by atoms with E-state index in [1.54, 1.807) is 7.11 Å². The van der Waals surface area contributed by atoms with Gasteiger partial charge in [-0.3, -0.25) is 0 Å². The first-order chi connectivity index (χ1) is 9.54. The van der Waals surface area contributed by atoms with Crippen molar-refractivity contribution in [2.75, 3.05) is 30.8 Å². The monoisotopic (exact) mass is 278 g/mol. The van der Waals surface area contributed by atoms with Gasteiger partial charge < -0.3 is 15.4 Å². The normalized spacial score (nSPS) is 15.2. The fraction of sp³-hybridized carbons (Fsp3) is 0.733. The minimum absolute atomic E-state index is 0.207. The van der Waals surface area contributed by atoms with Gasteiger partial charge in [0.05, 0.1) is 5.60 Å². The van der Waals surface area contributed by atoms with Crippen LogP contribution in [0.4, 0.5) is 11.6 Å². The Morgan fingerprint density at radius 3 is 2.45 bits per heavy atom. The molecule has 20 heavy (non-hydrogen) atoms. The Labute approximate surface area is 121 Å². The molecule has 0 spiro atoms. The molecule has 1 aliphatic rings. The number of ether oxygens (including phenoxy) is 1. The van der Waals surface area contributed by atoms with Crippen molar-refractivity contribution in [1.29, 1.82) is 0 Å². The van der Waals surface area contributed by atoms with Crippen molar-refractivity contribution in [2.24, 2.45) is 0 Å². The highest BCUT2D eigenvalue weighted by atomic mass is 16.5. The SMILES string of the molecule is CCCNc1cc(NCC(C)(C)OC)nc(C2CC2)n1. The zero-order valence-corrected chi connectivity index (χ0v) is 13.0. The smallest absolute Gasteiger partial charge is 0.136 e. The highest BCUT2D eigenvalue weighted by molar-refractivity contribution is 5.48. The van der Waals surface area contributed by atoms with Crippen LogP contribution in [-0.4, -0.2) is 35.8 Å². The third-order valence-corrected chi connectivity index (χ3v) is 3.49. The Morgan fingerprint density at radius 2 is 1.90 bits per heavy atom. The molecule has 0 unspecified atom stereocenters. The lowest BCUT2D eigenvalue weighted by Gasteiger charge is -2.23. The summed E-state index contributed by atoms with van der Waals surface area (Å²) < 4.78 is 5.42. The van der Waals surface area contributed by atoms with E-state index in [1.165, 1.54) is 12.8 Å².